The van der Waals surface area contributed by atoms with Crippen LogP contribution in [0.2, 0.25) is 0 Å². The van der Waals surface area contributed by atoms with E-state index in [-0.39, 0.29) is 11.2 Å². The molecule has 21 heavy (non-hydrogen) atoms. The van der Waals surface area contributed by atoms with Crippen LogP contribution in [0, 0.1) is 0 Å². The second-order valence-corrected chi connectivity index (χ2v) is 7.00. The highest BCUT2D eigenvalue weighted by Gasteiger charge is 2.39. The van der Waals surface area contributed by atoms with Crippen molar-refractivity contribution in [1.82, 2.24) is 0 Å². The van der Waals surface area contributed by atoms with Gasteiger partial charge in [0.2, 0.25) is 5.91 Å². The fraction of sp³-hybridized carbons (Fsp3) is 0.125. The van der Waals surface area contributed by atoms with Gasteiger partial charge in [-0.3, -0.25) is 9.69 Å². The van der Waals surface area contributed by atoms with Crippen molar-refractivity contribution in [3.05, 3.63) is 66.2 Å². The minimum absolute atomic E-state index is 0.0468. The van der Waals surface area contributed by atoms with Crippen LogP contribution in [0.1, 0.15) is 10.8 Å². The van der Waals surface area contributed by atoms with Crippen LogP contribution >= 0.6 is 36.6 Å². The van der Waals surface area contributed by atoms with Crippen molar-refractivity contribution in [3.8, 4) is 0 Å². The molecule has 0 aromatic heterocycles. The fourth-order valence-corrected chi connectivity index (χ4v) is 4.31. The van der Waals surface area contributed by atoms with E-state index < -0.39 is 5.25 Å². The Labute approximate surface area is 139 Å². The van der Waals surface area contributed by atoms with E-state index in [1.165, 1.54) is 11.8 Å². The smallest absolute Gasteiger partial charge is 0.246 e. The monoisotopic (exact) mass is 331 g/mol. The molecule has 2 aromatic carbocycles. The Kier molecular flexibility index (Phi) is 4.33. The molecule has 3 rings (SSSR count). The highest BCUT2D eigenvalue weighted by molar-refractivity contribution is 8.24. The SMILES string of the molecule is O=C1[C@@H](S)[C@@H](c2ccccc2)SC(=S)N1c1ccccc1. The van der Waals surface area contributed by atoms with Crippen molar-refractivity contribution in [2.45, 2.75) is 10.5 Å². The Morgan fingerprint density at radius 3 is 2.19 bits per heavy atom. The number of thiocarbonyl (C=S) groups is 1. The van der Waals surface area contributed by atoms with Gasteiger partial charge in [-0.15, -0.1) is 0 Å². The highest BCUT2D eigenvalue weighted by Crippen LogP contribution is 2.42. The molecule has 1 aliphatic rings. The Bertz CT molecular complexity index is 660. The quantitative estimate of drug-likeness (QED) is 0.661. The Balaban J connectivity index is 1.92. The summed E-state index contributed by atoms with van der Waals surface area (Å²) >= 11 is 11.5. The number of hydrogen-bond acceptors (Lipinski definition) is 4. The molecule has 2 aromatic rings. The number of thiol groups is 1. The van der Waals surface area contributed by atoms with Crippen LogP contribution in [0.3, 0.4) is 0 Å². The summed E-state index contributed by atoms with van der Waals surface area (Å²) in [6.45, 7) is 0. The zero-order chi connectivity index (χ0) is 14.8. The Morgan fingerprint density at radius 2 is 1.57 bits per heavy atom. The predicted octanol–water partition coefficient (Wildman–Crippen LogP) is 4.09. The number of para-hydroxylation sites is 1. The molecule has 2 atom stereocenters. The van der Waals surface area contributed by atoms with E-state index in [2.05, 4.69) is 12.6 Å². The first-order valence-corrected chi connectivity index (χ1v) is 8.31. The van der Waals surface area contributed by atoms with E-state index in [0.717, 1.165) is 11.3 Å². The lowest BCUT2D eigenvalue weighted by molar-refractivity contribution is -0.117. The normalized spacial score (nSPS) is 22.4. The van der Waals surface area contributed by atoms with Gasteiger partial charge in [-0.1, -0.05) is 72.5 Å². The number of nitrogens with zero attached hydrogens (tertiary/aromatic N) is 1. The molecule has 1 heterocycles. The van der Waals surface area contributed by atoms with E-state index in [1.54, 1.807) is 4.90 Å². The van der Waals surface area contributed by atoms with E-state index in [9.17, 15) is 4.79 Å². The lowest BCUT2D eigenvalue weighted by atomic mass is 10.1. The number of anilines is 1. The van der Waals surface area contributed by atoms with Gasteiger partial charge in [0, 0.05) is 0 Å². The molecule has 1 fully saturated rings. The second-order valence-electron chi connectivity index (χ2n) is 4.67. The topological polar surface area (TPSA) is 20.3 Å². The predicted molar refractivity (Wildman–Crippen MR) is 96.1 cm³/mol. The molecule has 1 amide bonds. The van der Waals surface area contributed by atoms with E-state index in [4.69, 9.17) is 12.2 Å². The minimum Gasteiger partial charge on any atom is -0.273 e. The molecular formula is C16H13NOS3. The number of carbonyl (C=O) groups excluding carboxylic acids is 1. The number of benzene rings is 2. The number of rotatable bonds is 2. The summed E-state index contributed by atoms with van der Waals surface area (Å²) in [7, 11) is 0. The number of carbonyl (C=O) groups is 1. The third-order valence-corrected chi connectivity index (χ3v) is 5.69. The van der Waals surface area contributed by atoms with Crippen molar-refractivity contribution < 1.29 is 4.79 Å². The molecule has 1 saturated heterocycles. The van der Waals surface area contributed by atoms with Crippen LogP contribution in [0.4, 0.5) is 5.69 Å². The summed E-state index contributed by atoms with van der Waals surface area (Å²) in [6.07, 6.45) is 0. The fourth-order valence-electron chi connectivity index (χ4n) is 2.28. The zero-order valence-corrected chi connectivity index (χ0v) is 13.6. The van der Waals surface area contributed by atoms with Gasteiger partial charge in [-0.05, 0) is 17.7 Å². The summed E-state index contributed by atoms with van der Waals surface area (Å²) < 4.78 is 0.574. The summed E-state index contributed by atoms with van der Waals surface area (Å²) in [6, 6.07) is 19.4. The van der Waals surface area contributed by atoms with Crippen molar-refractivity contribution in [2.24, 2.45) is 0 Å². The van der Waals surface area contributed by atoms with Gasteiger partial charge < -0.3 is 0 Å². The minimum atomic E-state index is -0.413. The van der Waals surface area contributed by atoms with Gasteiger partial charge in [0.1, 0.15) is 4.32 Å². The van der Waals surface area contributed by atoms with Crippen LogP contribution in [0.5, 0.6) is 0 Å². The van der Waals surface area contributed by atoms with Crippen LogP contribution in [-0.2, 0) is 4.79 Å². The molecule has 0 bridgehead atoms. The summed E-state index contributed by atoms with van der Waals surface area (Å²) in [5, 5.41) is -0.459. The average Bonchev–Trinajstić information content (AvgIpc) is 2.53. The van der Waals surface area contributed by atoms with Crippen molar-refractivity contribution in [2.75, 3.05) is 4.90 Å². The molecule has 0 unspecified atom stereocenters. The molecule has 2 nitrogen and oxygen atoms in total. The third-order valence-electron chi connectivity index (χ3n) is 3.31. The molecule has 1 aliphatic heterocycles. The lowest BCUT2D eigenvalue weighted by Crippen LogP contribution is -2.46. The molecule has 0 N–H and O–H groups in total. The lowest BCUT2D eigenvalue weighted by Gasteiger charge is -2.35. The van der Waals surface area contributed by atoms with Gasteiger partial charge in [-0.2, -0.15) is 12.6 Å². The molecule has 0 saturated carbocycles. The van der Waals surface area contributed by atoms with E-state index >= 15 is 0 Å². The maximum atomic E-state index is 12.7. The average molecular weight is 331 g/mol. The maximum absolute atomic E-state index is 12.7. The van der Waals surface area contributed by atoms with Gasteiger partial charge >= 0.3 is 0 Å². The zero-order valence-electron chi connectivity index (χ0n) is 11.0. The van der Waals surface area contributed by atoms with Crippen LogP contribution in [0.25, 0.3) is 0 Å². The summed E-state index contributed by atoms with van der Waals surface area (Å²) in [4.78, 5) is 14.2. The molecule has 0 radical (unpaired) electrons. The van der Waals surface area contributed by atoms with E-state index in [0.29, 0.717) is 4.32 Å². The molecule has 106 valence electrons. The first-order chi connectivity index (χ1) is 10.2. The van der Waals surface area contributed by atoms with Crippen molar-refractivity contribution in [1.29, 1.82) is 0 Å². The first-order valence-electron chi connectivity index (χ1n) is 6.51. The van der Waals surface area contributed by atoms with Gasteiger partial charge in [0.15, 0.2) is 0 Å². The van der Waals surface area contributed by atoms with Gasteiger partial charge in [0.25, 0.3) is 0 Å². The first kappa shape index (κ1) is 14.6. The third kappa shape index (κ3) is 2.86. The maximum Gasteiger partial charge on any atom is 0.246 e. The summed E-state index contributed by atoms with van der Waals surface area (Å²) in [5.41, 5.74) is 1.87. The molecule has 5 heteroatoms. The van der Waals surface area contributed by atoms with Gasteiger partial charge in [0.05, 0.1) is 16.2 Å². The van der Waals surface area contributed by atoms with Crippen LogP contribution in [0.15, 0.2) is 60.7 Å². The molecular weight excluding hydrogens is 318 g/mol. The van der Waals surface area contributed by atoms with Crippen LogP contribution < -0.4 is 4.90 Å². The van der Waals surface area contributed by atoms with Crippen LogP contribution in [-0.4, -0.2) is 15.5 Å². The Hall–Kier alpha value is -1.30. The molecule has 0 spiro atoms. The standard InChI is InChI=1S/C16H13NOS3/c18-15-13(19)14(11-7-3-1-4-8-11)21-16(20)17(15)12-9-5-2-6-10-12/h1-10,13-14,19H/t13-,14+/m0/s1. The van der Waals surface area contributed by atoms with E-state index in [1.807, 2.05) is 60.7 Å². The largest absolute Gasteiger partial charge is 0.273 e. The second kappa shape index (κ2) is 6.22. The van der Waals surface area contributed by atoms with Crippen molar-refractivity contribution in [3.63, 3.8) is 0 Å². The highest BCUT2D eigenvalue weighted by atomic mass is 32.2. The van der Waals surface area contributed by atoms with Crippen molar-refractivity contribution >= 4 is 52.5 Å². The summed E-state index contributed by atoms with van der Waals surface area (Å²) in [5.74, 6) is -0.0675. The Morgan fingerprint density at radius 1 is 1.00 bits per heavy atom. The number of thioether (sulfide) groups is 1. The van der Waals surface area contributed by atoms with Gasteiger partial charge in [-0.25, -0.2) is 0 Å². The number of amides is 1. The molecule has 0 aliphatic carbocycles. The number of hydrogen-bond donors (Lipinski definition) is 1.